The molecule has 0 aliphatic heterocycles. The van der Waals surface area contributed by atoms with Gasteiger partial charge in [0.05, 0.1) is 20.6 Å². The topological polar surface area (TPSA) is 86.8 Å². The molecule has 0 saturated carbocycles. The van der Waals surface area contributed by atoms with Gasteiger partial charge in [0.25, 0.3) is 10.0 Å². The van der Waals surface area contributed by atoms with Crippen molar-refractivity contribution >= 4 is 50.7 Å². The first kappa shape index (κ1) is 32.4. The molecular formula is C31H37Cl2N3O4S. The zero-order valence-corrected chi connectivity index (χ0v) is 26.1. The molecule has 3 rings (SSSR count). The van der Waals surface area contributed by atoms with Crippen LogP contribution >= 0.6 is 23.2 Å². The SMILES string of the molecule is CC[C@@H](C)NC(=O)[C@@H](CC)N(CCc1ccccc1)C(=O)CN(c1cccc(Cl)c1Cl)S(=O)(=O)c1ccc(C)cc1. The van der Waals surface area contributed by atoms with E-state index in [1.165, 1.54) is 23.1 Å². The number of hydrogen-bond acceptors (Lipinski definition) is 4. The fourth-order valence-corrected chi connectivity index (χ4v) is 6.25. The Morgan fingerprint density at radius 1 is 0.902 bits per heavy atom. The minimum Gasteiger partial charge on any atom is -0.352 e. The molecule has 0 unspecified atom stereocenters. The lowest BCUT2D eigenvalue weighted by atomic mass is 10.1. The third-order valence-corrected chi connectivity index (χ3v) is 9.54. The molecule has 3 aromatic carbocycles. The molecule has 0 aliphatic carbocycles. The number of halogens is 2. The van der Waals surface area contributed by atoms with Crippen LogP contribution in [0.25, 0.3) is 0 Å². The smallest absolute Gasteiger partial charge is 0.264 e. The Labute approximate surface area is 253 Å². The lowest BCUT2D eigenvalue weighted by molar-refractivity contribution is -0.139. The number of benzene rings is 3. The van der Waals surface area contributed by atoms with Crippen molar-refractivity contribution in [3.05, 3.63) is 94.0 Å². The molecule has 0 aromatic heterocycles. The Morgan fingerprint density at radius 2 is 1.56 bits per heavy atom. The highest BCUT2D eigenvalue weighted by Gasteiger charge is 2.34. The van der Waals surface area contributed by atoms with Gasteiger partial charge in [-0.2, -0.15) is 0 Å². The van der Waals surface area contributed by atoms with Crippen LogP contribution in [0.4, 0.5) is 5.69 Å². The summed E-state index contributed by atoms with van der Waals surface area (Å²) < 4.78 is 28.9. The Morgan fingerprint density at radius 3 is 2.17 bits per heavy atom. The van der Waals surface area contributed by atoms with Crippen molar-refractivity contribution in [1.82, 2.24) is 10.2 Å². The standard InChI is InChI=1S/C31H37Cl2N3O4S/c1-5-23(4)34-31(38)27(6-2)35(20-19-24-11-8-7-9-12-24)29(37)21-36(28-14-10-13-26(32)30(28)33)41(39,40)25-17-15-22(3)16-18-25/h7-18,23,27H,5-6,19-21H2,1-4H3,(H,34,38)/t23-,27-/m1/s1. The molecular weight excluding hydrogens is 581 g/mol. The largest absolute Gasteiger partial charge is 0.352 e. The number of anilines is 1. The van der Waals surface area contributed by atoms with Crippen molar-refractivity contribution in [1.29, 1.82) is 0 Å². The Kier molecular flexibility index (Phi) is 11.6. The summed E-state index contributed by atoms with van der Waals surface area (Å²) in [6.45, 7) is 7.20. The zero-order chi connectivity index (χ0) is 30.2. The maximum atomic E-state index is 14.1. The molecule has 220 valence electrons. The van der Waals surface area contributed by atoms with Crippen LogP contribution in [-0.2, 0) is 26.0 Å². The molecule has 0 spiro atoms. The van der Waals surface area contributed by atoms with E-state index in [0.29, 0.717) is 12.8 Å². The van der Waals surface area contributed by atoms with E-state index >= 15 is 0 Å². The monoisotopic (exact) mass is 617 g/mol. The number of aryl methyl sites for hydroxylation is 1. The Bertz CT molecular complexity index is 1430. The van der Waals surface area contributed by atoms with E-state index in [9.17, 15) is 18.0 Å². The van der Waals surface area contributed by atoms with E-state index in [2.05, 4.69) is 5.32 Å². The van der Waals surface area contributed by atoms with Gasteiger partial charge in [0, 0.05) is 12.6 Å². The highest BCUT2D eigenvalue weighted by molar-refractivity contribution is 7.92. The van der Waals surface area contributed by atoms with Gasteiger partial charge in [0.1, 0.15) is 12.6 Å². The molecule has 1 N–H and O–H groups in total. The minimum atomic E-state index is -4.24. The van der Waals surface area contributed by atoms with Gasteiger partial charge in [0.2, 0.25) is 11.8 Å². The molecule has 7 nitrogen and oxygen atoms in total. The van der Waals surface area contributed by atoms with Crippen LogP contribution in [0, 0.1) is 6.92 Å². The first-order valence-corrected chi connectivity index (χ1v) is 15.9. The fraction of sp³-hybridized carbons (Fsp3) is 0.355. The quantitative estimate of drug-likeness (QED) is 0.245. The summed E-state index contributed by atoms with van der Waals surface area (Å²) in [6.07, 6.45) is 1.57. The predicted molar refractivity (Wildman–Crippen MR) is 166 cm³/mol. The molecule has 3 aromatic rings. The maximum absolute atomic E-state index is 14.1. The molecule has 0 fully saturated rings. The summed E-state index contributed by atoms with van der Waals surface area (Å²) in [5, 5.41) is 3.14. The van der Waals surface area contributed by atoms with Gasteiger partial charge < -0.3 is 10.2 Å². The van der Waals surface area contributed by atoms with Gasteiger partial charge in [0.15, 0.2) is 0 Å². The van der Waals surface area contributed by atoms with Gasteiger partial charge in [-0.05, 0) is 62.9 Å². The lowest BCUT2D eigenvalue weighted by Gasteiger charge is -2.34. The van der Waals surface area contributed by atoms with Crippen LogP contribution in [-0.4, -0.2) is 50.3 Å². The van der Waals surface area contributed by atoms with Crippen LogP contribution in [0.3, 0.4) is 0 Å². The highest BCUT2D eigenvalue weighted by Crippen LogP contribution is 2.35. The molecule has 41 heavy (non-hydrogen) atoms. The van der Waals surface area contributed by atoms with Crippen LogP contribution in [0.15, 0.2) is 77.7 Å². The van der Waals surface area contributed by atoms with Crippen molar-refractivity contribution in [3.8, 4) is 0 Å². The Balaban J connectivity index is 2.05. The van der Waals surface area contributed by atoms with E-state index in [4.69, 9.17) is 23.2 Å². The van der Waals surface area contributed by atoms with Gasteiger partial charge >= 0.3 is 0 Å². The first-order chi connectivity index (χ1) is 19.5. The second-order valence-corrected chi connectivity index (χ2v) is 12.6. The number of hydrogen-bond donors (Lipinski definition) is 1. The van der Waals surface area contributed by atoms with Gasteiger partial charge in [-0.15, -0.1) is 0 Å². The van der Waals surface area contributed by atoms with Crippen molar-refractivity contribution in [2.24, 2.45) is 0 Å². The number of nitrogens with one attached hydrogen (secondary N) is 1. The normalized spacial score (nSPS) is 12.8. The minimum absolute atomic E-state index is 0.00401. The molecule has 0 heterocycles. The van der Waals surface area contributed by atoms with E-state index in [1.807, 2.05) is 58.0 Å². The molecule has 2 atom stereocenters. The van der Waals surface area contributed by atoms with E-state index in [1.54, 1.807) is 24.3 Å². The van der Waals surface area contributed by atoms with Crippen LogP contribution in [0.1, 0.15) is 44.7 Å². The summed E-state index contributed by atoms with van der Waals surface area (Å²) >= 11 is 12.8. The Hall–Kier alpha value is -3.07. The number of nitrogens with zero attached hydrogens (tertiary/aromatic N) is 2. The number of rotatable bonds is 13. The van der Waals surface area contributed by atoms with Crippen molar-refractivity contribution < 1.29 is 18.0 Å². The van der Waals surface area contributed by atoms with E-state index < -0.39 is 28.5 Å². The summed E-state index contributed by atoms with van der Waals surface area (Å²) in [6, 6.07) is 19.7. The highest BCUT2D eigenvalue weighted by atomic mass is 35.5. The molecule has 0 bridgehead atoms. The maximum Gasteiger partial charge on any atom is 0.264 e. The summed E-state index contributed by atoms with van der Waals surface area (Å²) in [5.41, 5.74) is 1.95. The summed E-state index contributed by atoms with van der Waals surface area (Å²) in [4.78, 5) is 28.9. The number of amides is 2. The molecule has 10 heteroatoms. The van der Waals surface area contributed by atoms with Gasteiger partial charge in [-0.25, -0.2) is 8.42 Å². The van der Waals surface area contributed by atoms with Crippen LogP contribution in [0.5, 0.6) is 0 Å². The first-order valence-electron chi connectivity index (χ1n) is 13.7. The molecule has 2 amide bonds. The second-order valence-electron chi connectivity index (χ2n) is 9.96. The average molecular weight is 619 g/mol. The van der Waals surface area contributed by atoms with Gasteiger partial charge in [-0.1, -0.05) is 91.1 Å². The van der Waals surface area contributed by atoms with E-state index in [0.717, 1.165) is 21.9 Å². The second kappa shape index (κ2) is 14.7. The predicted octanol–water partition coefficient (Wildman–Crippen LogP) is 6.26. The van der Waals surface area contributed by atoms with Gasteiger partial charge in [-0.3, -0.25) is 13.9 Å². The third-order valence-electron chi connectivity index (χ3n) is 6.96. The van der Waals surface area contributed by atoms with Crippen molar-refractivity contribution in [2.75, 3.05) is 17.4 Å². The summed E-state index contributed by atoms with van der Waals surface area (Å²) in [5.74, 6) is -0.809. The van der Waals surface area contributed by atoms with Crippen LogP contribution < -0.4 is 9.62 Å². The van der Waals surface area contributed by atoms with Crippen molar-refractivity contribution in [2.45, 2.75) is 63.9 Å². The number of sulfonamides is 1. The average Bonchev–Trinajstić information content (AvgIpc) is 2.96. The molecule has 0 aliphatic rings. The zero-order valence-electron chi connectivity index (χ0n) is 23.8. The molecule has 0 saturated heterocycles. The number of carbonyl (C=O) groups excluding carboxylic acids is 2. The summed E-state index contributed by atoms with van der Waals surface area (Å²) in [7, 11) is -4.24. The van der Waals surface area contributed by atoms with Crippen molar-refractivity contribution in [3.63, 3.8) is 0 Å². The number of carbonyl (C=O) groups is 2. The van der Waals surface area contributed by atoms with Crippen LogP contribution in [0.2, 0.25) is 10.0 Å². The lowest BCUT2D eigenvalue weighted by Crippen LogP contribution is -2.54. The fourth-order valence-electron chi connectivity index (χ4n) is 4.37. The third kappa shape index (κ3) is 8.24. The molecule has 0 radical (unpaired) electrons. The van der Waals surface area contributed by atoms with E-state index in [-0.39, 0.29) is 39.1 Å².